The van der Waals surface area contributed by atoms with Crippen molar-refractivity contribution in [1.29, 1.82) is 0 Å². The molecule has 5 rings (SSSR count). The highest BCUT2D eigenvalue weighted by Crippen LogP contribution is 2.31. The van der Waals surface area contributed by atoms with E-state index in [0.717, 1.165) is 24.2 Å². The fraction of sp³-hybridized carbons (Fsp3) is 0.333. The first-order valence-electron chi connectivity index (χ1n) is 11.1. The van der Waals surface area contributed by atoms with Gasteiger partial charge in [-0.3, -0.25) is 19.5 Å². The maximum atomic E-state index is 13.3. The zero-order valence-corrected chi connectivity index (χ0v) is 18.4. The molecule has 170 valence electrons. The molecule has 1 aromatic heterocycles. The number of carbonyl (C=O) groups excluding carboxylic acids is 3. The van der Waals surface area contributed by atoms with Crippen molar-refractivity contribution in [1.82, 2.24) is 25.3 Å². The van der Waals surface area contributed by atoms with E-state index in [0.29, 0.717) is 49.1 Å². The van der Waals surface area contributed by atoms with Crippen LogP contribution >= 0.6 is 0 Å². The molecule has 0 atom stereocenters. The number of aromatic nitrogens is 2. The summed E-state index contributed by atoms with van der Waals surface area (Å²) in [6.45, 7) is 5.42. The van der Waals surface area contributed by atoms with E-state index in [4.69, 9.17) is 0 Å². The average molecular weight is 447 g/mol. The lowest BCUT2D eigenvalue weighted by atomic mass is 10.1. The summed E-state index contributed by atoms with van der Waals surface area (Å²) in [5.41, 5.74) is 3.42. The summed E-state index contributed by atoms with van der Waals surface area (Å²) in [5, 5.41) is 21.0. The number of H-pyrrole nitrogens is 1. The predicted octanol–water partition coefficient (Wildman–Crippen LogP) is 2.06. The third kappa shape index (κ3) is 3.74. The number of amides is 2. The second-order valence-electron chi connectivity index (χ2n) is 8.45. The molecule has 0 aliphatic carbocycles. The van der Waals surface area contributed by atoms with E-state index in [1.807, 2.05) is 23.1 Å². The molecule has 2 aliphatic heterocycles. The van der Waals surface area contributed by atoms with Crippen molar-refractivity contribution in [2.45, 2.75) is 26.4 Å². The third-order valence-corrected chi connectivity index (χ3v) is 6.36. The molecule has 2 aliphatic rings. The molecule has 0 saturated carbocycles. The number of piperazine rings is 1. The van der Waals surface area contributed by atoms with Gasteiger partial charge in [0.15, 0.2) is 5.78 Å². The number of nitrogens with zero attached hydrogens (tertiary/aromatic N) is 3. The number of ketones is 1. The van der Waals surface area contributed by atoms with Crippen molar-refractivity contribution in [2.75, 3.05) is 26.2 Å². The van der Waals surface area contributed by atoms with Crippen LogP contribution in [0.2, 0.25) is 0 Å². The highest BCUT2D eigenvalue weighted by molar-refractivity contribution is 6.09. The lowest BCUT2D eigenvalue weighted by Crippen LogP contribution is -2.46. The van der Waals surface area contributed by atoms with Gasteiger partial charge < -0.3 is 20.2 Å². The number of hydrogen-bond acceptors (Lipinski definition) is 6. The highest BCUT2D eigenvalue weighted by atomic mass is 16.3. The number of rotatable bonds is 4. The van der Waals surface area contributed by atoms with E-state index in [9.17, 15) is 19.5 Å². The molecule has 0 bridgehead atoms. The van der Waals surface area contributed by atoms with Crippen LogP contribution in [0.5, 0.6) is 5.75 Å². The largest absolute Gasteiger partial charge is 0.507 e. The van der Waals surface area contributed by atoms with Gasteiger partial charge in [0.05, 0.1) is 11.1 Å². The third-order valence-electron chi connectivity index (χ3n) is 6.36. The monoisotopic (exact) mass is 447 g/mol. The highest BCUT2D eigenvalue weighted by Gasteiger charge is 2.28. The summed E-state index contributed by atoms with van der Waals surface area (Å²) in [6, 6.07) is 8.53. The Balaban J connectivity index is 1.39. The fourth-order valence-electron chi connectivity index (χ4n) is 4.50. The predicted molar refractivity (Wildman–Crippen MR) is 121 cm³/mol. The number of Topliss-reactive ketones (excluding diaryl/α,β-unsaturated/α-hetero) is 1. The first-order valence-corrected chi connectivity index (χ1v) is 11.1. The molecule has 33 heavy (non-hydrogen) atoms. The normalized spacial score (nSPS) is 15.7. The van der Waals surface area contributed by atoms with Crippen molar-refractivity contribution in [3.8, 4) is 5.75 Å². The van der Waals surface area contributed by atoms with Crippen LogP contribution in [-0.2, 0) is 13.1 Å². The molecule has 2 amide bonds. The van der Waals surface area contributed by atoms with Gasteiger partial charge in [-0.25, -0.2) is 0 Å². The van der Waals surface area contributed by atoms with Gasteiger partial charge in [-0.1, -0.05) is 13.0 Å². The molecule has 1 fully saturated rings. The summed E-state index contributed by atoms with van der Waals surface area (Å²) in [7, 11) is 0. The Kier molecular flexibility index (Phi) is 5.33. The van der Waals surface area contributed by atoms with Gasteiger partial charge in [-0.15, -0.1) is 0 Å². The molecule has 1 saturated heterocycles. The number of fused-ring (bicyclic) bond motifs is 2. The molecule has 0 radical (unpaired) electrons. The Hall–Kier alpha value is -3.72. The first-order chi connectivity index (χ1) is 16.0. The SMILES string of the molecule is CCC(=O)c1n[nH]c2cc(O)c(C(=O)N3Cc4ccc(C(=O)N5CCNCC5)cc4C3)cc12. The minimum absolute atomic E-state index is 0.000232. The van der Waals surface area contributed by atoms with E-state index in [2.05, 4.69) is 15.5 Å². The smallest absolute Gasteiger partial charge is 0.258 e. The number of carbonyl (C=O) groups is 3. The molecule has 3 aromatic rings. The average Bonchev–Trinajstić information content (AvgIpc) is 3.46. The lowest BCUT2D eigenvalue weighted by molar-refractivity contribution is 0.0734. The first kappa shape index (κ1) is 21.1. The van der Waals surface area contributed by atoms with Crippen molar-refractivity contribution in [2.24, 2.45) is 0 Å². The van der Waals surface area contributed by atoms with Crippen LogP contribution in [0.4, 0.5) is 0 Å². The number of aromatic amines is 1. The second kappa shape index (κ2) is 8.32. The number of phenols is 1. The Morgan fingerprint density at radius 3 is 2.52 bits per heavy atom. The van der Waals surface area contributed by atoms with Crippen molar-refractivity contribution in [3.05, 3.63) is 58.3 Å². The Bertz CT molecular complexity index is 1280. The molecule has 3 heterocycles. The quantitative estimate of drug-likeness (QED) is 0.527. The number of hydrogen-bond donors (Lipinski definition) is 3. The standard InChI is InChI=1S/C24H25N5O4/c1-2-20(30)22-17-10-18(21(31)11-19(17)26-27-22)24(33)29-12-15-4-3-14(9-16(15)13-29)23(32)28-7-5-25-6-8-28/h3-4,9-11,25,31H,2,5-8,12-13H2,1H3,(H,26,27). The van der Waals surface area contributed by atoms with E-state index in [1.54, 1.807) is 11.8 Å². The summed E-state index contributed by atoms with van der Waals surface area (Å²) >= 11 is 0. The van der Waals surface area contributed by atoms with Gasteiger partial charge in [0.25, 0.3) is 11.8 Å². The lowest BCUT2D eigenvalue weighted by Gasteiger charge is -2.27. The molecule has 9 nitrogen and oxygen atoms in total. The number of aromatic hydroxyl groups is 1. The molecule has 3 N–H and O–H groups in total. The summed E-state index contributed by atoms with van der Waals surface area (Å²) < 4.78 is 0. The van der Waals surface area contributed by atoms with E-state index in [-0.39, 0.29) is 34.6 Å². The molecular weight excluding hydrogens is 422 g/mol. The van der Waals surface area contributed by atoms with Gasteiger partial charge in [-0.05, 0) is 29.3 Å². The van der Waals surface area contributed by atoms with E-state index < -0.39 is 0 Å². The van der Waals surface area contributed by atoms with Crippen LogP contribution in [0.25, 0.3) is 10.9 Å². The van der Waals surface area contributed by atoms with Crippen LogP contribution in [0.1, 0.15) is 55.7 Å². The summed E-state index contributed by atoms with van der Waals surface area (Å²) in [4.78, 5) is 41.8. The van der Waals surface area contributed by atoms with Gasteiger partial charge in [0.2, 0.25) is 0 Å². The zero-order chi connectivity index (χ0) is 23.1. The van der Waals surface area contributed by atoms with Crippen LogP contribution in [0, 0.1) is 0 Å². The topological polar surface area (TPSA) is 119 Å². The number of nitrogens with one attached hydrogen (secondary N) is 2. The van der Waals surface area contributed by atoms with E-state index >= 15 is 0 Å². The maximum absolute atomic E-state index is 13.3. The Morgan fingerprint density at radius 1 is 1.00 bits per heavy atom. The summed E-state index contributed by atoms with van der Waals surface area (Å²) in [6.07, 6.45) is 0.292. The minimum atomic E-state index is -0.336. The van der Waals surface area contributed by atoms with Gasteiger partial charge in [0.1, 0.15) is 11.4 Å². The Morgan fingerprint density at radius 2 is 1.76 bits per heavy atom. The second-order valence-corrected chi connectivity index (χ2v) is 8.45. The van der Waals surface area contributed by atoms with Crippen LogP contribution in [-0.4, -0.2) is 68.9 Å². The molecular formula is C24H25N5O4. The fourth-order valence-corrected chi connectivity index (χ4v) is 4.50. The van der Waals surface area contributed by atoms with Crippen molar-refractivity contribution >= 4 is 28.5 Å². The van der Waals surface area contributed by atoms with Crippen molar-refractivity contribution < 1.29 is 19.5 Å². The molecule has 0 unspecified atom stereocenters. The van der Waals surface area contributed by atoms with Crippen LogP contribution < -0.4 is 5.32 Å². The summed E-state index contributed by atoms with van der Waals surface area (Å²) in [5.74, 6) is -0.644. The minimum Gasteiger partial charge on any atom is -0.507 e. The van der Waals surface area contributed by atoms with Gasteiger partial charge in [0, 0.05) is 62.7 Å². The Labute approximate surface area is 190 Å². The van der Waals surface area contributed by atoms with Gasteiger partial charge in [-0.2, -0.15) is 5.10 Å². The molecule has 0 spiro atoms. The van der Waals surface area contributed by atoms with Crippen LogP contribution in [0.3, 0.4) is 0 Å². The molecule has 2 aromatic carbocycles. The van der Waals surface area contributed by atoms with Gasteiger partial charge >= 0.3 is 0 Å². The van der Waals surface area contributed by atoms with E-state index in [1.165, 1.54) is 12.1 Å². The van der Waals surface area contributed by atoms with Crippen LogP contribution in [0.15, 0.2) is 30.3 Å². The van der Waals surface area contributed by atoms with Crippen molar-refractivity contribution in [3.63, 3.8) is 0 Å². The zero-order valence-electron chi connectivity index (χ0n) is 18.4. The number of benzene rings is 2. The number of phenolic OH excluding ortho intramolecular Hbond substituents is 1. The maximum Gasteiger partial charge on any atom is 0.258 e. The molecule has 9 heteroatoms.